The fourth-order valence-electron chi connectivity index (χ4n) is 8.56. The van der Waals surface area contributed by atoms with Crippen LogP contribution in [0.3, 0.4) is 0 Å². The minimum Gasteiger partial charge on any atom is -0.393 e. The Bertz CT molecular complexity index is 855. The molecule has 0 aliphatic heterocycles. The Morgan fingerprint density at radius 2 is 1.92 bits per heavy atom. The Morgan fingerprint density at radius 3 is 2.58 bits per heavy atom. The van der Waals surface area contributed by atoms with Crippen molar-refractivity contribution in [2.75, 3.05) is 0 Å². The van der Waals surface area contributed by atoms with E-state index in [1.54, 1.807) is 0 Å². The van der Waals surface area contributed by atoms with Crippen molar-refractivity contribution in [1.82, 2.24) is 4.98 Å². The van der Waals surface area contributed by atoms with Crippen LogP contribution in [0.1, 0.15) is 109 Å². The monoisotopic (exact) mass is 509 g/mol. The first-order valence-corrected chi connectivity index (χ1v) is 14.4. The topological polar surface area (TPSA) is 53.4 Å². The lowest BCUT2D eigenvalue weighted by Crippen LogP contribution is -2.49. The number of aliphatic hydroxyl groups is 2. The molecule has 2 N–H and O–H groups in total. The number of alkyl halides is 3. The summed E-state index contributed by atoms with van der Waals surface area (Å²) >= 11 is 0. The second-order valence-corrected chi connectivity index (χ2v) is 12.8. The maximum atomic E-state index is 12.8. The van der Waals surface area contributed by atoms with Crippen LogP contribution in [0.2, 0.25) is 0 Å². The Balaban J connectivity index is 1.35. The molecule has 4 rings (SSSR count). The Morgan fingerprint density at radius 1 is 1.14 bits per heavy atom. The van der Waals surface area contributed by atoms with Gasteiger partial charge in [0.05, 0.1) is 11.7 Å². The Hall–Kier alpha value is -1.14. The number of rotatable bonds is 9. The maximum Gasteiger partial charge on any atom is 0.433 e. The molecule has 0 bridgehead atoms. The molecule has 1 aromatic rings. The molecule has 0 amide bonds. The predicted octanol–water partition coefficient (Wildman–Crippen LogP) is 7.58. The van der Waals surface area contributed by atoms with E-state index in [-0.39, 0.29) is 17.4 Å². The number of hydrogen-bond acceptors (Lipinski definition) is 3. The van der Waals surface area contributed by atoms with Crippen LogP contribution in [0.4, 0.5) is 13.2 Å². The van der Waals surface area contributed by atoms with Crippen molar-refractivity contribution < 1.29 is 23.4 Å². The van der Waals surface area contributed by atoms with Gasteiger partial charge in [0.25, 0.3) is 0 Å². The summed E-state index contributed by atoms with van der Waals surface area (Å²) in [6.45, 7) is 6.53. The molecular formula is C30H46F3NO2. The van der Waals surface area contributed by atoms with Crippen LogP contribution in [-0.4, -0.2) is 26.9 Å². The van der Waals surface area contributed by atoms with Crippen LogP contribution < -0.4 is 0 Å². The van der Waals surface area contributed by atoms with E-state index in [0.29, 0.717) is 24.7 Å². The van der Waals surface area contributed by atoms with E-state index in [2.05, 4.69) is 18.8 Å². The lowest BCUT2D eigenvalue weighted by atomic mass is 9.52. The molecule has 0 radical (unpaired) electrons. The summed E-state index contributed by atoms with van der Waals surface area (Å²) in [5, 5.41) is 22.1. The van der Waals surface area contributed by atoms with Crippen molar-refractivity contribution in [2.45, 2.75) is 122 Å². The number of hydrogen-bond donors (Lipinski definition) is 2. The number of pyridine rings is 1. The highest BCUT2D eigenvalue weighted by Gasteiger charge is 2.58. The Kier molecular flexibility index (Phi) is 8.46. The molecule has 3 aliphatic rings. The molecule has 0 aromatic carbocycles. The molecule has 8 atom stereocenters. The molecule has 1 unspecified atom stereocenters. The molecule has 1 heterocycles. The van der Waals surface area contributed by atoms with Gasteiger partial charge in [-0.3, -0.25) is 4.98 Å². The summed E-state index contributed by atoms with van der Waals surface area (Å²) in [5.74, 6) is 2.99. The molecule has 3 fully saturated rings. The van der Waals surface area contributed by atoms with Gasteiger partial charge >= 0.3 is 6.18 Å². The van der Waals surface area contributed by atoms with E-state index in [4.69, 9.17) is 0 Å². The maximum absolute atomic E-state index is 12.8. The minimum absolute atomic E-state index is 0.122. The third-order valence-corrected chi connectivity index (χ3v) is 10.4. The number of aryl methyl sites for hydroxylation is 1. The van der Waals surface area contributed by atoms with E-state index < -0.39 is 17.5 Å². The smallest absolute Gasteiger partial charge is 0.393 e. The van der Waals surface area contributed by atoms with Gasteiger partial charge in [0.2, 0.25) is 0 Å². The first kappa shape index (κ1) is 27.9. The van der Waals surface area contributed by atoms with Crippen LogP contribution in [0, 0.1) is 35.0 Å². The molecule has 3 aliphatic carbocycles. The average molecular weight is 510 g/mol. The van der Waals surface area contributed by atoms with Gasteiger partial charge < -0.3 is 10.2 Å². The number of fused-ring (bicyclic) bond motifs is 3. The lowest BCUT2D eigenvalue weighted by molar-refractivity contribution is -0.141. The SMILES string of the molecule is CCCC[C@H](O)CC1CC[C@@H]2[C@H](CC[C@@]3(C)[C@H]2CC[C@@H]3[C@](C)(O)CCc2ccc(C(F)(F)F)nc2)C1. The van der Waals surface area contributed by atoms with Gasteiger partial charge in [-0.25, -0.2) is 0 Å². The molecule has 1 aromatic heterocycles. The highest BCUT2D eigenvalue weighted by molar-refractivity contribution is 5.17. The van der Waals surface area contributed by atoms with Gasteiger partial charge in [0.1, 0.15) is 5.69 Å². The van der Waals surface area contributed by atoms with E-state index in [1.165, 1.54) is 44.4 Å². The van der Waals surface area contributed by atoms with Crippen LogP contribution in [0.25, 0.3) is 0 Å². The van der Waals surface area contributed by atoms with E-state index in [1.807, 2.05) is 6.92 Å². The predicted molar refractivity (Wildman–Crippen MR) is 136 cm³/mol. The molecular weight excluding hydrogens is 463 g/mol. The zero-order valence-electron chi connectivity index (χ0n) is 22.4. The van der Waals surface area contributed by atoms with Gasteiger partial charge in [-0.1, -0.05) is 39.2 Å². The fourth-order valence-corrected chi connectivity index (χ4v) is 8.56. The standard InChI is InChI=1S/C30H46F3NO2/c1-4-5-6-23(35)18-21-7-9-24-22(17-21)14-15-28(2)25(24)10-11-26(28)29(3,36)16-13-20-8-12-27(34-19-20)30(31,32)33/h8,12,19,21-26,35-36H,4-7,9-11,13-18H2,1-3H3/t21?,22-,23+,24-,25+,26+,28+,29-/m1/s1. The summed E-state index contributed by atoms with van der Waals surface area (Å²) in [6, 6.07) is 2.53. The molecule has 6 heteroatoms. The number of nitrogens with zero attached hydrogens (tertiary/aromatic N) is 1. The van der Waals surface area contributed by atoms with Crippen molar-refractivity contribution >= 4 is 0 Å². The zero-order chi connectivity index (χ0) is 26.1. The quantitative estimate of drug-likeness (QED) is 0.361. The number of aliphatic hydroxyl groups excluding tert-OH is 1. The largest absolute Gasteiger partial charge is 0.433 e. The molecule has 3 saturated carbocycles. The van der Waals surface area contributed by atoms with Crippen molar-refractivity contribution in [3.63, 3.8) is 0 Å². The normalized spacial score (nSPS) is 35.1. The summed E-state index contributed by atoms with van der Waals surface area (Å²) < 4.78 is 38.5. The van der Waals surface area contributed by atoms with Gasteiger partial charge in [-0.2, -0.15) is 13.2 Å². The summed E-state index contributed by atoms with van der Waals surface area (Å²) in [4.78, 5) is 3.59. The summed E-state index contributed by atoms with van der Waals surface area (Å²) in [7, 11) is 0. The molecule has 0 spiro atoms. The van der Waals surface area contributed by atoms with E-state index in [0.717, 1.165) is 62.0 Å². The van der Waals surface area contributed by atoms with Crippen molar-refractivity contribution in [2.24, 2.45) is 35.0 Å². The average Bonchev–Trinajstić information content (AvgIpc) is 3.19. The van der Waals surface area contributed by atoms with Crippen molar-refractivity contribution in [3.8, 4) is 0 Å². The van der Waals surface area contributed by atoms with Crippen molar-refractivity contribution in [3.05, 3.63) is 29.6 Å². The van der Waals surface area contributed by atoms with Crippen LogP contribution in [-0.2, 0) is 12.6 Å². The van der Waals surface area contributed by atoms with Gasteiger partial charge in [-0.05, 0) is 118 Å². The highest BCUT2D eigenvalue weighted by Crippen LogP contribution is 2.64. The first-order valence-electron chi connectivity index (χ1n) is 14.4. The second-order valence-electron chi connectivity index (χ2n) is 12.8. The van der Waals surface area contributed by atoms with E-state index >= 15 is 0 Å². The van der Waals surface area contributed by atoms with Gasteiger partial charge in [0.15, 0.2) is 0 Å². The Labute approximate surface area is 215 Å². The van der Waals surface area contributed by atoms with Gasteiger partial charge in [-0.15, -0.1) is 0 Å². The van der Waals surface area contributed by atoms with Crippen LogP contribution in [0.15, 0.2) is 18.3 Å². The fraction of sp³-hybridized carbons (Fsp3) is 0.833. The number of aromatic nitrogens is 1. The highest BCUT2D eigenvalue weighted by atomic mass is 19.4. The first-order chi connectivity index (χ1) is 16.9. The molecule has 3 nitrogen and oxygen atoms in total. The number of halogens is 3. The summed E-state index contributed by atoms with van der Waals surface area (Å²) in [5.41, 5.74) is -0.854. The lowest BCUT2D eigenvalue weighted by Gasteiger charge is -2.54. The zero-order valence-corrected chi connectivity index (χ0v) is 22.4. The second kappa shape index (κ2) is 10.9. The van der Waals surface area contributed by atoms with Gasteiger partial charge in [0, 0.05) is 6.20 Å². The minimum atomic E-state index is -4.43. The number of unbranched alkanes of at least 4 members (excludes halogenated alkanes) is 1. The third-order valence-electron chi connectivity index (χ3n) is 10.4. The molecule has 0 saturated heterocycles. The van der Waals surface area contributed by atoms with Crippen molar-refractivity contribution in [1.29, 1.82) is 0 Å². The summed E-state index contributed by atoms with van der Waals surface area (Å²) in [6.07, 6.45) is 10.2. The van der Waals surface area contributed by atoms with Crippen LogP contribution in [0.5, 0.6) is 0 Å². The molecule has 204 valence electrons. The third kappa shape index (κ3) is 5.95. The van der Waals surface area contributed by atoms with Crippen LogP contribution >= 0.6 is 0 Å². The van der Waals surface area contributed by atoms with E-state index in [9.17, 15) is 23.4 Å². The molecule has 36 heavy (non-hydrogen) atoms.